The Morgan fingerprint density at radius 3 is 1.21 bits per heavy atom. The molecular formula is C52H94Fe. The van der Waals surface area contributed by atoms with Crippen molar-refractivity contribution in [3.63, 3.8) is 0 Å². The van der Waals surface area contributed by atoms with Crippen LogP contribution < -0.4 is 0 Å². The van der Waals surface area contributed by atoms with Crippen molar-refractivity contribution < 1.29 is 17.1 Å². The number of hydrogen-bond donors (Lipinski definition) is 0. The van der Waals surface area contributed by atoms with E-state index in [0.717, 1.165) is 0 Å². The average molecular weight is 775 g/mol. The van der Waals surface area contributed by atoms with E-state index in [-0.39, 0.29) is 17.1 Å². The Bertz CT molecular complexity index is 948. The molecule has 0 saturated heterocycles. The third kappa shape index (κ3) is 25.2. The van der Waals surface area contributed by atoms with Crippen molar-refractivity contribution in [1.29, 1.82) is 0 Å². The van der Waals surface area contributed by atoms with Gasteiger partial charge in [-0.3, -0.25) is 0 Å². The van der Waals surface area contributed by atoms with Crippen molar-refractivity contribution in [2.24, 2.45) is 0 Å². The standard InChI is InChI=1S/C29H53.C23H41.Fe/c1-5-9-13-17-21-26-25-27(22-18-14-10-6-2)29(24-20-16-12-8-4)28(26)23-19-15-11-7-3;1-4-7-10-13-16-21-19-20-22(17-14-11-8-5-2)23(21)18-15-12-9-6-3;/h25H,5-24H2,1-4H3;19-20H,4-18H2,1-3H3;/q2*-1;+2. The topological polar surface area (TPSA) is 0 Å². The van der Waals surface area contributed by atoms with Crippen molar-refractivity contribution in [1.82, 2.24) is 0 Å². The van der Waals surface area contributed by atoms with Crippen molar-refractivity contribution in [2.45, 2.75) is 273 Å². The van der Waals surface area contributed by atoms with Crippen molar-refractivity contribution in [3.05, 3.63) is 57.1 Å². The summed E-state index contributed by atoms with van der Waals surface area (Å²) in [5.74, 6) is 0. The SMILES string of the molecule is CCCCCCc1cc(CCCCCC)[c-](CCCCCC)c1CCCCCC.CCCCCCc1cc[c-](CCCCCC)c1CCCCCC.[Fe+2]. The molecule has 0 aliphatic heterocycles. The van der Waals surface area contributed by atoms with Crippen LogP contribution in [0.15, 0.2) is 18.2 Å². The molecule has 2 aromatic carbocycles. The summed E-state index contributed by atoms with van der Waals surface area (Å²) in [6.45, 7) is 16.2. The fourth-order valence-corrected chi connectivity index (χ4v) is 8.39. The zero-order chi connectivity index (χ0) is 37.9. The van der Waals surface area contributed by atoms with Gasteiger partial charge in [0.2, 0.25) is 0 Å². The zero-order valence-corrected chi connectivity index (χ0v) is 38.4. The molecule has 0 saturated carbocycles. The van der Waals surface area contributed by atoms with Gasteiger partial charge in [-0.1, -0.05) is 273 Å². The van der Waals surface area contributed by atoms with Crippen molar-refractivity contribution >= 4 is 0 Å². The van der Waals surface area contributed by atoms with Gasteiger partial charge < -0.3 is 0 Å². The van der Waals surface area contributed by atoms with E-state index < -0.39 is 0 Å². The molecule has 0 spiro atoms. The second kappa shape index (κ2) is 38.1. The number of unbranched alkanes of at least 4 members (excludes halogenated alkanes) is 21. The molecule has 0 nitrogen and oxygen atoms in total. The van der Waals surface area contributed by atoms with Crippen LogP contribution in [0.3, 0.4) is 0 Å². The molecule has 0 bridgehead atoms. The summed E-state index contributed by atoms with van der Waals surface area (Å²) < 4.78 is 0. The summed E-state index contributed by atoms with van der Waals surface area (Å²) in [6.07, 6.45) is 48.2. The van der Waals surface area contributed by atoms with Gasteiger partial charge in [0.1, 0.15) is 0 Å². The molecule has 310 valence electrons. The average Bonchev–Trinajstić information content (AvgIpc) is 3.70. The Kier molecular flexibility index (Phi) is 37.5. The maximum atomic E-state index is 2.67. The summed E-state index contributed by atoms with van der Waals surface area (Å²) in [5, 5.41) is 0. The molecule has 0 aliphatic rings. The summed E-state index contributed by atoms with van der Waals surface area (Å²) in [6, 6.07) is 7.58. The molecule has 0 fully saturated rings. The van der Waals surface area contributed by atoms with Crippen LogP contribution in [0.5, 0.6) is 0 Å². The number of hydrogen-bond acceptors (Lipinski definition) is 0. The van der Waals surface area contributed by atoms with E-state index in [1.165, 1.54) is 225 Å². The first-order valence-corrected chi connectivity index (χ1v) is 24.2. The first kappa shape index (κ1) is 52.2. The van der Waals surface area contributed by atoms with E-state index in [1.54, 1.807) is 38.9 Å². The molecule has 0 heterocycles. The van der Waals surface area contributed by atoms with E-state index in [0.29, 0.717) is 0 Å². The molecule has 2 aromatic rings. The molecule has 1 heteroatoms. The van der Waals surface area contributed by atoms with E-state index >= 15 is 0 Å². The molecule has 53 heavy (non-hydrogen) atoms. The van der Waals surface area contributed by atoms with Gasteiger partial charge in [-0.25, -0.2) is 12.1 Å². The van der Waals surface area contributed by atoms with E-state index in [4.69, 9.17) is 0 Å². The van der Waals surface area contributed by atoms with Crippen LogP contribution in [0.2, 0.25) is 0 Å². The minimum absolute atomic E-state index is 0. The van der Waals surface area contributed by atoms with Gasteiger partial charge in [0.25, 0.3) is 0 Å². The van der Waals surface area contributed by atoms with Gasteiger partial charge in [-0.2, -0.15) is 45.0 Å². The van der Waals surface area contributed by atoms with Crippen molar-refractivity contribution in [3.8, 4) is 0 Å². The van der Waals surface area contributed by atoms with Crippen LogP contribution in [0, 0.1) is 0 Å². The van der Waals surface area contributed by atoms with E-state index in [1.807, 2.05) is 0 Å². The molecular weight excluding hydrogens is 680 g/mol. The third-order valence-electron chi connectivity index (χ3n) is 11.8. The monoisotopic (exact) mass is 775 g/mol. The number of rotatable bonds is 35. The molecule has 0 radical (unpaired) electrons. The first-order valence-electron chi connectivity index (χ1n) is 24.2. The van der Waals surface area contributed by atoms with Crippen LogP contribution in [0.25, 0.3) is 0 Å². The van der Waals surface area contributed by atoms with Gasteiger partial charge in [0.15, 0.2) is 0 Å². The summed E-state index contributed by atoms with van der Waals surface area (Å²) in [5.41, 5.74) is 12.2. The minimum Gasteiger partial charge on any atom is -0.210 e. The van der Waals surface area contributed by atoms with E-state index in [9.17, 15) is 0 Å². The molecule has 0 unspecified atom stereocenters. The maximum absolute atomic E-state index is 2.67. The second-order valence-electron chi connectivity index (χ2n) is 16.7. The van der Waals surface area contributed by atoms with Gasteiger partial charge in [0.05, 0.1) is 0 Å². The summed E-state index contributed by atoms with van der Waals surface area (Å²) in [4.78, 5) is 0. The molecule has 2 rings (SSSR count). The van der Waals surface area contributed by atoms with Gasteiger partial charge in [-0.15, -0.1) is 0 Å². The molecule has 0 aromatic heterocycles. The molecule has 0 aliphatic carbocycles. The number of aryl methyl sites for hydroxylation is 4. The van der Waals surface area contributed by atoms with Gasteiger partial charge in [-0.05, 0) is 0 Å². The van der Waals surface area contributed by atoms with Crippen LogP contribution in [0.4, 0.5) is 0 Å². The predicted octanol–water partition coefficient (Wildman–Crippen LogP) is 17.7. The normalized spacial score (nSPS) is 11.2. The zero-order valence-electron chi connectivity index (χ0n) is 37.3. The first-order chi connectivity index (χ1) is 25.6. The Balaban J connectivity index is 0.00000103. The fraction of sp³-hybridized carbons (Fsp3) is 0.808. The largest absolute Gasteiger partial charge is 2.00 e. The minimum atomic E-state index is 0. The Morgan fingerprint density at radius 1 is 0.358 bits per heavy atom. The van der Waals surface area contributed by atoms with Crippen LogP contribution >= 0.6 is 0 Å². The Hall–Kier alpha value is -0.781. The summed E-state index contributed by atoms with van der Waals surface area (Å²) in [7, 11) is 0. The van der Waals surface area contributed by atoms with E-state index in [2.05, 4.69) is 66.7 Å². The predicted molar refractivity (Wildman–Crippen MR) is 239 cm³/mol. The summed E-state index contributed by atoms with van der Waals surface area (Å²) >= 11 is 0. The second-order valence-corrected chi connectivity index (χ2v) is 16.7. The Morgan fingerprint density at radius 2 is 0.736 bits per heavy atom. The quantitative estimate of drug-likeness (QED) is 0.0372. The van der Waals surface area contributed by atoms with Gasteiger partial charge in [0, 0.05) is 0 Å². The third-order valence-corrected chi connectivity index (χ3v) is 11.8. The smallest absolute Gasteiger partial charge is 0.210 e. The van der Waals surface area contributed by atoms with Crippen LogP contribution in [-0.4, -0.2) is 0 Å². The van der Waals surface area contributed by atoms with Crippen molar-refractivity contribution in [2.75, 3.05) is 0 Å². The molecule has 0 amide bonds. The fourth-order valence-electron chi connectivity index (χ4n) is 8.39. The molecule has 0 N–H and O–H groups in total. The van der Waals surface area contributed by atoms with Crippen LogP contribution in [-0.2, 0) is 62.0 Å². The van der Waals surface area contributed by atoms with Gasteiger partial charge >= 0.3 is 17.1 Å². The van der Waals surface area contributed by atoms with Crippen LogP contribution in [0.1, 0.15) is 267 Å². The maximum Gasteiger partial charge on any atom is 2.00 e. The molecule has 0 atom stereocenters. The Labute approximate surface area is 345 Å².